The van der Waals surface area contributed by atoms with E-state index >= 15 is 0 Å². The molecule has 0 radical (unpaired) electrons. The van der Waals surface area contributed by atoms with Gasteiger partial charge in [-0.15, -0.1) is 0 Å². The number of carbonyl (C=O) groups is 3. The molecule has 2 heterocycles. The number of hydrogen-bond donors (Lipinski definition) is 1. The van der Waals surface area contributed by atoms with Gasteiger partial charge in [0.05, 0.1) is 12.1 Å². The summed E-state index contributed by atoms with van der Waals surface area (Å²) in [5.74, 6) is -2.48. The van der Waals surface area contributed by atoms with E-state index in [2.05, 4.69) is 5.10 Å². The number of aliphatic carboxylic acids is 1. The lowest BCUT2D eigenvalue weighted by Gasteiger charge is -2.11. The number of aromatic nitrogens is 2. The van der Waals surface area contributed by atoms with Gasteiger partial charge in [-0.1, -0.05) is 0 Å². The second kappa shape index (κ2) is 4.59. The van der Waals surface area contributed by atoms with E-state index in [1.807, 2.05) is 0 Å². The Morgan fingerprint density at radius 2 is 2.28 bits per heavy atom. The summed E-state index contributed by atoms with van der Waals surface area (Å²) >= 11 is 0. The largest absolute Gasteiger partial charge is 0.480 e. The van der Waals surface area contributed by atoms with Crippen LogP contribution in [0.2, 0.25) is 0 Å². The number of amides is 2. The standard InChI is InChI=1S/C11H13N3O4/c1-13-5-7(4-12-13)2-8-3-9(15)14(11(8)18)6-10(16)17/h4-5,8H,2-3,6H2,1H3,(H,16,17). The van der Waals surface area contributed by atoms with Crippen LogP contribution in [0.1, 0.15) is 12.0 Å². The molecule has 0 aliphatic carbocycles. The molecule has 0 bridgehead atoms. The average molecular weight is 251 g/mol. The van der Waals surface area contributed by atoms with Gasteiger partial charge in [-0.05, 0) is 12.0 Å². The van der Waals surface area contributed by atoms with Gasteiger partial charge >= 0.3 is 5.97 Å². The Morgan fingerprint density at radius 1 is 1.56 bits per heavy atom. The van der Waals surface area contributed by atoms with Gasteiger partial charge in [-0.2, -0.15) is 5.10 Å². The fourth-order valence-electron chi connectivity index (χ4n) is 2.07. The van der Waals surface area contributed by atoms with Crippen molar-refractivity contribution in [2.24, 2.45) is 13.0 Å². The first-order valence-electron chi connectivity index (χ1n) is 5.51. The van der Waals surface area contributed by atoms with Crippen LogP contribution >= 0.6 is 0 Å². The summed E-state index contributed by atoms with van der Waals surface area (Å²) in [6.07, 6.45) is 3.89. The van der Waals surface area contributed by atoms with E-state index in [1.54, 1.807) is 24.1 Å². The summed E-state index contributed by atoms with van der Waals surface area (Å²) in [6.45, 7) is -0.554. The molecule has 0 spiro atoms. The molecule has 7 nitrogen and oxygen atoms in total. The van der Waals surface area contributed by atoms with E-state index in [-0.39, 0.29) is 6.42 Å². The van der Waals surface area contributed by atoms with Gasteiger partial charge in [0.25, 0.3) is 0 Å². The minimum atomic E-state index is -1.18. The van der Waals surface area contributed by atoms with E-state index in [4.69, 9.17) is 5.11 Å². The van der Waals surface area contributed by atoms with Crippen molar-refractivity contribution in [1.82, 2.24) is 14.7 Å². The lowest BCUT2D eigenvalue weighted by atomic mass is 10.0. The third-order valence-electron chi connectivity index (χ3n) is 2.87. The van der Waals surface area contributed by atoms with Crippen molar-refractivity contribution in [3.63, 3.8) is 0 Å². The van der Waals surface area contributed by atoms with Crippen LogP contribution in [-0.4, -0.2) is 44.1 Å². The molecule has 7 heteroatoms. The zero-order valence-corrected chi connectivity index (χ0v) is 9.87. The van der Waals surface area contributed by atoms with Crippen molar-refractivity contribution >= 4 is 17.8 Å². The summed E-state index contributed by atoms with van der Waals surface area (Å²) in [7, 11) is 1.77. The smallest absolute Gasteiger partial charge is 0.323 e. The average Bonchev–Trinajstić information content (AvgIpc) is 2.78. The lowest BCUT2D eigenvalue weighted by molar-refractivity contribution is -0.149. The summed E-state index contributed by atoms with van der Waals surface area (Å²) in [6, 6.07) is 0. The number of hydrogen-bond acceptors (Lipinski definition) is 4. The molecule has 1 atom stereocenters. The quantitative estimate of drug-likeness (QED) is 0.723. The molecule has 1 aromatic heterocycles. The molecule has 96 valence electrons. The first-order valence-corrected chi connectivity index (χ1v) is 5.51. The molecule has 1 fully saturated rings. The molecule has 0 aromatic carbocycles. The first kappa shape index (κ1) is 12.3. The van der Waals surface area contributed by atoms with Gasteiger partial charge in [-0.3, -0.25) is 24.0 Å². The van der Waals surface area contributed by atoms with Crippen molar-refractivity contribution in [3.05, 3.63) is 18.0 Å². The Balaban J connectivity index is 2.06. The number of imide groups is 1. The normalized spacial score (nSPS) is 19.6. The molecular formula is C11H13N3O4. The molecule has 1 aromatic rings. The number of nitrogens with zero attached hydrogens (tertiary/aromatic N) is 3. The summed E-state index contributed by atoms with van der Waals surface area (Å²) in [5.41, 5.74) is 0.862. The summed E-state index contributed by atoms with van der Waals surface area (Å²) in [5, 5.41) is 12.6. The highest BCUT2D eigenvalue weighted by molar-refractivity contribution is 6.05. The van der Waals surface area contributed by atoms with E-state index < -0.39 is 30.2 Å². The van der Waals surface area contributed by atoms with Crippen molar-refractivity contribution < 1.29 is 19.5 Å². The summed E-state index contributed by atoms with van der Waals surface area (Å²) in [4.78, 5) is 34.8. The molecule has 1 aliphatic heterocycles. The molecule has 1 unspecified atom stereocenters. The molecule has 1 N–H and O–H groups in total. The van der Waals surface area contributed by atoms with E-state index in [0.29, 0.717) is 6.42 Å². The Morgan fingerprint density at radius 3 is 2.83 bits per heavy atom. The second-order valence-electron chi connectivity index (χ2n) is 4.34. The van der Waals surface area contributed by atoms with Crippen LogP contribution in [0.4, 0.5) is 0 Å². The molecule has 1 aliphatic rings. The van der Waals surface area contributed by atoms with Gasteiger partial charge in [0.15, 0.2) is 0 Å². The second-order valence-corrected chi connectivity index (χ2v) is 4.34. The molecular weight excluding hydrogens is 238 g/mol. The van der Waals surface area contributed by atoms with Crippen LogP contribution in [-0.2, 0) is 27.9 Å². The first-order chi connectivity index (χ1) is 8.47. The highest BCUT2D eigenvalue weighted by atomic mass is 16.4. The minimum absolute atomic E-state index is 0.0704. The monoisotopic (exact) mass is 251 g/mol. The number of carbonyl (C=O) groups excluding carboxylic acids is 2. The van der Waals surface area contributed by atoms with Gasteiger partial charge in [0, 0.05) is 19.7 Å². The van der Waals surface area contributed by atoms with E-state index in [0.717, 1.165) is 10.5 Å². The number of rotatable bonds is 4. The third kappa shape index (κ3) is 2.39. The van der Waals surface area contributed by atoms with Crippen molar-refractivity contribution in [3.8, 4) is 0 Å². The SMILES string of the molecule is Cn1cc(CC2CC(=O)N(CC(=O)O)C2=O)cn1. The third-order valence-corrected chi connectivity index (χ3v) is 2.87. The lowest BCUT2D eigenvalue weighted by Crippen LogP contribution is -2.35. The molecule has 1 saturated heterocycles. The number of carboxylic acids is 1. The van der Waals surface area contributed by atoms with Crippen LogP contribution in [0.5, 0.6) is 0 Å². The van der Waals surface area contributed by atoms with E-state index in [9.17, 15) is 14.4 Å². The number of carboxylic acid groups (broad SMARTS) is 1. The van der Waals surface area contributed by atoms with Crippen molar-refractivity contribution in [2.45, 2.75) is 12.8 Å². The topological polar surface area (TPSA) is 92.5 Å². The number of aryl methyl sites for hydroxylation is 1. The number of likely N-dealkylation sites (tertiary alicyclic amines) is 1. The van der Waals surface area contributed by atoms with Crippen molar-refractivity contribution in [1.29, 1.82) is 0 Å². The maximum absolute atomic E-state index is 11.9. The van der Waals surface area contributed by atoms with Crippen LogP contribution in [0, 0.1) is 5.92 Å². The maximum atomic E-state index is 11.9. The van der Waals surface area contributed by atoms with Gasteiger partial charge < -0.3 is 5.11 Å². The molecule has 2 rings (SSSR count). The Hall–Kier alpha value is -2.18. The highest BCUT2D eigenvalue weighted by Gasteiger charge is 2.39. The van der Waals surface area contributed by atoms with Crippen molar-refractivity contribution in [2.75, 3.05) is 6.54 Å². The predicted octanol–water partition coefficient (Wildman–Crippen LogP) is -0.578. The molecule has 2 amide bonds. The van der Waals surface area contributed by atoms with Crippen LogP contribution in [0.3, 0.4) is 0 Å². The minimum Gasteiger partial charge on any atom is -0.480 e. The molecule has 0 saturated carbocycles. The van der Waals surface area contributed by atoms with E-state index in [1.165, 1.54) is 0 Å². The highest BCUT2D eigenvalue weighted by Crippen LogP contribution is 2.23. The van der Waals surface area contributed by atoms with Crippen LogP contribution < -0.4 is 0 Å². The predicted molar refractivity (Wildman–Crippen MR) is 59.4 cm³/mol. The molecule has 18 heavy (non-hydrogen) atoms. The Labute approximate surface area is 103 Å². The van der Waals surface area contributed by atoms with Gasteiger partial charge in [0.2, 0.25) is 11.8 Å². The van der Waals surface area contributed by atoms with Crippen LogP contribution in [0.15, 0.2) is 12.4 Å². The van der Waals surface area contributed by atoms with Crippen LogP contribution in [0.25, 0.3) is 0 Å². The fraction of sp³-hybridized carbons (Fsp3) is 0.455. The fourth-order valence-corrected chi connectivity index (χ4v) is 2.07. The van der Waals surface area contributed by atoms with Gasteiger partial charge in [-0.25, -0.2) is 0 Å². The zero-order valence-electron chi connectivity index (χ0n) is 9.87. The Bertz CT molecular complexity index is 508. The maximum Gasteiger partial charge on any atom is 0.323 e. The zero-order chi connectivity index (χ0) is 13.3. The Kier molecular flexibility index (Phi) is 3.14. The van der Waals surface area contributed by atoms with Gasteiger partial charge in [0.1, 0.15) is 6.54 Å². The summed E-state index contributed by atoms with van der Waals surface area (Å²) < 4.78 is 1.62.